The van der Waals surface area contributed by atoms with Gasteiger partial charge in [-0.2, -0.15) is 0 Å². The number of hydrogen-bond donors (Lipinski definition) is 2. The van der Waals surface area contributed by atoms with Crippen LogP contribution in [-0.2, 0) is 11.3 Å². The molecule has 1 aromatic heterocycles. The molecule has 2 rings (SSSR count). The van der Waals surface area contributed by atoms with Gasteiger partial charge in [0.1, 0.15) is 0 Å². The van der Waals surface area contributed by atoms with Gasteiger partial charge in [-0.1, -0.05) is 0 Å². The maximum atomic E-state index is 11.8. The number of carbonyl (C=O) groups excluding carboxylic acids is 1. The Morgan fingerprint density at radius 1 is 1.37 bits per heavy atom. The molecule has 0 aromatic carbocycles. The smallest absolute Gasteiger partial charge is 0.328 e. The number of rotatable bonds is 4. The molecule has 1 aromatic rings. The fourth-order valence-corrected chi connectivity index (χ4v) is 2.78. The number of nitrogens with one attached hydrogen (secondary N) is 1. The van der Waals surface area contributed by atoms with Crippen LogP contribution in [-0.4, -0.2) is 35.1 Å². The van der Waals surface area contributed by atoms with Crippen molar-refractivity contribution in [3.63, 3.8) is 0 Å². The van der Waals surface area contributed by atoms with E-state index in [1.54, 1.807) is 6.08 Å². The van der Waals surface area contributed by atoms with Gasteiger partial charge in [0.25, 0.3) is 0 Å². The van der Waals surface area contributed by atoms with Crippen molar-refractivity contribution >= 4 is 29.4 Å². The van der Waals surface area contributed by atoms with Crippen LogP contribution >= 0.6 is 11.3 Å². The standard InChI is InChI=1S/C13H16N2O3S/c16-12(17)6-5-10-3-4-11(19-10)9-14-13(18)15-7-1-2-8-15/h3-6H,1-2,7-9H2,(H,14,18)(H,16,17). The molecule has 1 saturated heterocycles. The zero-order valence-corrected chi connectivity index (χ0v) is 11.3. The van der Waals surface area contributed by atoms with Crippen LogP contribution in [0.2, 0.25) is 0 Å². The van der Waals surface area contributed by atoms with Crippen molar-refractivity contribution < 1.29 is 14.7 Å². The van der Waals surface area contributed by atoms with Crippen molar-refractivity contribution in [1.82, 2.24) is 10.2 Å². The Bertz CT molecular complexity index is 490. The van der Waals surface area contributed by atoms with E-state index < -0.39 is 5.97 Å². The van der Waals surface area contributed by atoms with Gasteiger partial charge in [-0.05, 0) is 31.1 Å². The molecule has 1 aliphatic heterocycles. The third-order valence-corrected chi connectivity index (χ3v) is 3.93. The number of amides is 2. The van der Waals surface area contributed by atoms with E-state index in [4.69, 9.17) is 5.11 Å². The van der Waals surface area contributed by atoms with E-state index in [0.717, 1.165) is 41.8 Å². The number of carbonyl (C=O) groups is 2. The third kappa shape index (κ3) is 4.10. The van der Waals surface area contributed by atoms with Gasteiger partial charge in [-0.3, -0.25) is 0 Å². The van der Waals surface area contributed by atoms with E-state index in [9.17, 15) is 9.59 Å². The van der Waals surface area contributed by atoms with Gasteiger partial charge in [0, 0.05) is 28.9 Å². The number of thiophene rings is 1. The molecule has 0 radical (unpaired) electrons. The topological polar surface area (TPSA) is 69.6 Å². The van der Waals surface area contributed by atoms with Crippen LogP contribution in [0, 0.1) is 0 Å². The maximum absolute atomic E-state index is 11.8. The van der Waals surface area contributed by atoms with Crippen LogP contribution in [0.25, 0.3) is 6.08 Å². The quantitative estimate of drug-likeness (QED) is 0.830. The normalized spacial score (nSPS) is 15.1. The molecule has 1 aliphatic rings. The summed E-state index contributed by atoms with van der Waals surface area (Å²) in [6.07, 6.45) is 4.82. The molecule has 102 valence electrons. The minimum Gasteiger partial charge on any atom is -0.478 e. The molecule has 1 fully saturated rings. The summed E-state index contributed by atoms with van der Waals surface area (Å²) < 4.78 is 0. The number of carboxylic acid groups (broad SMARTS) is 1. The fourth-order valence-electron chi connectivity index (χ4n) is 1.93. The number of likely N-dealkylation sites (tertiary alicyclic amines) is 1. The Balaban J connectivity index is 1.82. The second-order valence-corrected chi connectivity index (χ2v) is 5.53. The number of urea groups is 1. The summed E-state index contributed by atoms with van der Waals surface area (Å²) in [5, 5.41) is 11.4. The van der Waals surface area contributed by atoms with Gasteiger partial charge >= 0.3 is 12.0 Å². The van der Waals surface area contributed by atoms with Crippen molar-refractivity contribution in [3.05, 3.63) is 28.0 Å². The molecule has 5 nitrogen and oxygen atoms in total. The maximum Gasteiger partial charge on any atom is 0.328 e. The fraction of sp³-hybridized carbons (Fsp3) is 0.385. The summed E-state index contributed by atoms with van der Waals surface area (Å²) in [5.74, 6) is -0.961. The summed E-state index contributed by atoms with van der Waals surface area (Å²) >= 11 is 1.48. The lowest BCUT2D eigenvalue weighted by Gasteiger charge is -2.15. The molecule has 19 heavy (non-hydrogen) atoms. The molecule has 0 atom stereocenters. The summed E-state index contributed by atoms with van der Waals surface area (Å²) in [5.41, 5.74) is 0. The van der Waals surface area contributed by atoms with E-state index in [0.29, 0.717) is 6.54 Å². The summed E-state index contributed by atoms with van der Waals surface area (Å²) in [6.45, 7) is 2.16. The van der Waals surface area contributed by atoms with Gasteiger partial charge in [0.15, 0.2) is 0 Å². The first-order valence-electron chi connectivity index (χ1n) is 6.17. The second-order valence-electron chi connectivity index (χ2n) is 4.33. The Hall–Kier alpha value is -1.82. The minimum atomic E-state index is -0.961. The van der Waals surface area contributed by atoms with Crippen molar-refractivity contribution in [3.8, 4) is 0 Å². The van der Waals surface area contributed by atoms with E-state index in [-0.39, 0.29) is 6.03 Å². The Morgan fingerprint density at radius 3 is 2.79 bits per heavy atom. The van der Waals surface area contributed by atoms with Crippen LogP contribution in [0.3, 0.4) is 0 Å². The lowest BCUT2D eigenvalue weighted by atomic mass is 10.4. The summed E-state index contributed by atoms with van der Waals surface area (Å²) in [6, 6.07) is 3.73. The van der Waals surface area contributed by atoms with Crippen LogP contribution in [0.5, 0.6) is 0 Å². The van der Waals surface area contributed by atoms with E-state index in [1.165, 1.54) is 11.3 Å². The van der Waals surface area contributed by atoms with Crippen LogP contribution < -0.4 is 5.32 Å². The molecule has 0 spiro atoms. The van der Waals surface area contributed by atoms with Gasteiger partial charge in [0.2, 0.25) is 0 Å². The lowest BCUT2D eigenvalue weighted by molar-refractivity contribution is -0.131. The Kier molecular flexibility index (Phi) is 4.57. The van der Waals surface area contributed by atoms with Crippen LogP contribution in [0.15, 0.2) is 18.2 Å². The molecule has 0 unspecified atom stereocenters. The molecular formula is C13H16N2O3S. The number of hydrogen-bond acceptors (Lipinski definition) is 3. The van der Waals surface area contributed by atoms with Gasteiger partial charge < -0.3 is 15.3 Å². The van der Waals surface area contributed by atoms with Gasteiger partial charge in [-0.25, -0.2) is 9.59 Å². The highest BCUT2D eigenvalue weighted by molar-refractivity contribution is 7.12. The zero-order valence-electron chi connectivity index (χ0n) is 10.5. The third-order valence-electron chi connectivity index (χ3n) is 2.88. The molecule has 2 N–H and O–H groups in total. The highest BCUT2D eigenvalue weighted by atomic mass is 32.1. The van der Waals surface area contributed by atoms with Gasteiger partial charge in [0.05, 0.1) is 6.54 Å². The molecule has 0 saturated carbocycles. The van der Waals surface area contributed by atoms with E-state index >= 15 is 0 Å². The first-order chi connectivity index (χ1) is 9.15. The largest absolute Gasteiger partial charge is 0.478 e. The van der Waals surface area contributed by atoms with E-state index in [2.05, 4.69) is 5.32 Å². The molecule has 6 heteroatoms. The first kappa shape index (κ1) is 13.6. The zero-order chi connectivity index (χ0) is 13.7. The summed E-state index contributed by atoms with van der Waals surface area (Å²) in [4.78, 5) is 25.9. The summed E-state index contributed by atoms with van der Waals surface area (Å²) in [7, 11) is 0. The molecule has 0 aliphatic carbocycles. The van der Waals surface area contributed by atoms with Crippen molar-refractivity contribution in [2.75, 3.05) is 13.1 Å². The Labute approximate surface area is 115 Å². The molecule has 2 amide bonds. The Morgan fingerprint density at radius 2 is 2.11 bits per heavy atom. The second kappa shape index (κ2) is 6.38. The van der Waals surface area contributed by atoms with Crippen molar-refractivity contribution in [1.29, 1.82) is 0 Å². The predicted octanol–water partition coefficient (Wildman–Crippen LogP) is 2.15. The number of carboxylic acids is 1. The first-order valence-corrected chi connectivity index (χ1v) is 6.99. The highest BCUT2D eigenvalue weighted by Crippen LogP contribution is 2.18. The van der Waals surface area contributed by atoms with Crippen LogP contribution in [0.4, 0.5) is 4.79 Å². The van der Waals surface area contributed by atoms with Crippen molar-refractivity contribution in [2.45, 2.75) is 19.4 Å². The number of aliphatic carboxylic acids is 1. The highest BCUT2D eigenvalue weighted by Gasteiger charge is 2.17. The van der Waals surface area contributed by atoms with Crippen LogP contribution in [0.1, 0.15) is 22.6 Å². The SMILES string of the molecule is O=C(O)C=Cc1ccc(CNC(=O)N2CCCC2)s1. The average molecular weight is 280 g/mol. The monoisotopic (exact) mass is 280 g/mol. The average Bonchev–Trinajstić information content (AvgIpc) is 3.04. The minimum absolute atomic E-state index is 0.0199. The number of nitrogens with zero attached hydrogens (tertiary/aromatic N) is 1. The molecule has 2 heterocycles. The van der Waals surface area contributed by atoms with Crippen molar-refractivity contribution in [2.24, 2.45) is 0 Å². The molecule has 0 bridgehead atoms. The van der Waals surface area contributed by atoms with E-state index in [1.807, 2.05) is 17.0 Å². The molecular weight excluding hydrogens is 264 g/mol. The van der Waals surface area contributed by atoms with Gasteiger partial charge in [-0.15, -0.1) is 11.3 Å². The lowest BCUT2D eigenvalue weighted by Crippen LogP contribution is -2.37. The predicted molar refractivity (Wildman–Crippen MR) is 74.0 cm³/mol.